The monoisotopic (exact) mass is 299 g/mol. The molecular formula is C16H29NO4. The summed E-state index contributed by atoms with van der Waals surface area (Å²) in [5, 5.41) is 0. The number of esters is 1. The van der Waals surface area contributed by atoms with E-state index in [9.17, 15) is 9.59 Å². The van der Waals surface area contributed by atoms with Gasteiger partial charge < -0.3 is 9.47 Å². The summed E-state index contributed by atoms with van der Waals surface area (Å²) in [6.45, 7) is 5.53. The van der Waals surface area contributed by atoms with Crippen molar-refractivity contribution < 1.29 is 19.1 Å². The van der Waals surface area contributed by atoms with Gasteiger partial charge in [0.1, 0.15) is 6.04 Å². The first-order valence-electron chi connectivity index (χ1n) is 8.30. The lowest BCUT2D eigenvalue weighted by molar-refractivity contribution is -0.150. The topological polar surface area (TPSA) is 55.8 Å². The fraction of sp³-hybridized carbons (Fsp3) is 0.875. The van der Waals surface area contributed by atoms with Crippen LogP contribution in [0.2, 0.25) is 0 Å². The average molecular weight is 299 g/mol. The molecular weight excluding hydrogens is 270 g/mol. The van der Waals surface area contributed by atoms with E-state index in [0.717, 1.165) is 44.9 Å². The zero-order chi connectivity index (χ0) is 15.5. The van der Waals surface area contributed by atoms with Gasteiger partial charge in [0.25, 0.3) is 0 Å². The van der Waals surface area contributed by atoms with E-state index in [0.29, 0.717) is 26.2 Å². The van der Waals surface area contributed by atoms with Crippen molar-refractivity contribution in [1.29, 1.82) is 0 Å². The molecule has 1 unspecified atom stereocenters. The Morgan fingerprint density at radius 1 is 1.00 bits per heavy atom. The summed E-state index contributed by atoms with van der Waals surface area (Å²) in [6.07, 6.45) is 7.24. The van der Waals surface area contributed by atoms with Crippen LogP contribution in [0, 0.1) is 0 Å². The van der Waals surface area contributed by atoms with Crippen LogP contribution in [0.15, 0.2) is 0 Å². The van der Waals surface area contributed by atoms with Crippen LogP contribution in [0.4, 0.5) is 4.79 Å². The quantitative estimate of drug-likeness (QED) is 0.508. The van der Waals surface area contributed by atoms with Crippen molar-refractivity contribution in [3.05, 3.63) is 0 Å². The minimum Gasteiger partial charge on any atom is -0.464 e. The van der Waals surface area contributed by atoms with Crippen LogP contribution in [0.5, 0.6) is 0 Å². The Labute approximate surface area is 128 Å². The fourth-order valence-electron chi connectivity index (χ4n) is 2.47. The van der Waals surface area contributed by atoms with Gasteiger partial charge in [-0.2, -0.15) is 0 Å². The molecule has 0 spiro atoms. The summed E-state index contributed by atoms with van der Waals surface area (Å²) in [4.78, 5) is 25.7. The standard InChI is InChI=1S/C16H29NO4/c1-3-5-6-9-13-20-15(18)14-10-7-8-11-17(14)16(19)21-12-4-2/h14H,3-13H2,1-2H3. The molecule has 0 saturated carbocycles. The fourth-order valence-corrected chi connectivity index (χ4v) is 2.47. The molecule has 0 radical (unpaired) electrons. The van der Waals surface area contributed by atoms with Crippen molar-refractivity contribution in [1.82, 2.24) is 4.90 Å². The van der Waals surface area contributed by atoms with Crippen molar-refractivity contribution in [2.45, 2.75) is 71.3 Å². The number of rotatable bonds is 8. The smallest absolute Gasteiger partial charge is 0.410 e. The maximum Gasteiger partial charge on any atom is 0.410 e. The molecule has 5 heteroatoms. The van der Waals surface area contributed by atoms with E-state index in [1.165, 1.54) is 4.90 Å². The van der Waals surface area contributed by atoms with Gasteiger partial charge in [-0.15, -0.1) is 0 Å². The highest BCUT2D eigenvalue weighted by Crippen LogP contribution is 2.19. The molecule has 1 atom stereocenters. The lowest BCUT2D eigenvalue weighted by Crippen LogP contribution is -2.49. The molecule has 0 aromatic heterocycles. The van der Waals surface area contributed by atoms with Gasteiger partial charge in [-0.05, 0) is 32.1 Å². The lowest BCUT2D eigenvalue weighted by Gasteiger charge is -2.33. The van der Waals surface area contributed by atoms with Crippen LogP contribution in [0.3, 0.4) is 0 Å². The van der Waals surface area contributed by atoms with E-state index in [1.54, 1.807) is 0 Å². The summed E-state index contributed by atoms with van der Waals surface area (Å²) in [7, 11) is 0. The summed E-state index contributed by atoms with van der Waals surface area (Å²) < 4.78 is 10.5. The van der Waals surface area contributed by atoms with E-state index in [4.69, 9.17) is 9.47 Å². The van der Waals surface area contributed by atoms with Crippen molar-refractivity contribution in [3.63, 3.8) is 0 Å². The van der Waals surface area contributed by atoms with Gasteiger partial charge in [-0.3, -0.25) is 4.90 Å². The molecule has 0 aromatic rings. The van der Waals surface area contributed by atoms with E-state index >= 15 is 0 Å². The van der Waals surface area contributed by atoms with Crippen molar-refractivity contribution >= 4 is 12.1 Å². The number of amides is 1. The SMILES string of the molecule is CCCCCCOC(=O)C1CCCCN1C(=O)OCCC. The second-order valence-electron chi connectivity index (χ2n) is 5.55. The molecule has 5 nitrogen and oxygen atoms in total. The maximum atomic E-state index is 12.1. The molecule has 1 aliphatic heterocycles. The number of nitrogens with zero attached hydrogens (tertiary/aromatic N) is 1. The van der Waals surface area contributed by atoms with Crippen LogP contribution in [-0.2, 0) is 14.3 Å². The molecule has 1 rings (SSSR count). The van der Waals surface area contributed by atoms with Gasteiger partial charge in [0.15, 0.2) is 0 Å². The largest absolute Gasteiger partial charge is 0.464 e. The van der Waals surface area contributed by atoms with Gasteiger partial charge in [0.2, 0.25) is 0 Å². The Kier molecular flexibility index (Phi) is 8.87. The molecule has 1 amide bonds. The van der Waals surface area contributed by atoms with Crippen LogP contribution in [-0.4, -0.2) is 42.8 Å². The molecule has 0 aromatic carbocycles. The molecule has 0 aliphatic carbocycles. The molecule has 0 bridgehead atoms. The second-order valence-corrected chi connectivity index (χ2v) is 5.55. The molecule has 1 aliphatic rings. The van der Waals surface area contributed by atoms with Crippen LogP contribution in [0.25, 0.3) is 0 Å². The minimum atomic E-state index is -0.464. The Balaban J connectivity index is 2.40. The van der Waals surface area contributed by atoms with Crippen molar-refractivity contribution in [3.8, 4) is 0 Å². The highest BCUT2D eigenvalue weighted by atomic mass is 16.6. The third kappa shape index (κ3) is 6.36. The first-order valence-corrected chi connectivity index (χ1v) is 8.30. The molecule has 122 valence electrons. The summed E-state index contributed by atoms with van der Waals surface area (Å²) in [5.74, 6) is -0.278. The Hall–Kier alpha value is -1.26. The number of ether oxygens (including phenoxy) is 2. The first kappa shape index (κ1) is 17.8. The number of likely N-dealkylation sites (tertiary alicyclic amines) is 1. The van der Waals surface area contributed by atoms with Gasteiger partial charge in [0, 0.05) is 6.54 Å². The van der Waals surface area contributed by atoms with Crippen LogP contribution >= 0.6 is 0 Å². The first-order chi connectivity index (χ1) is 10.2. The van der Waals surface area contributed by atoms with Crippen LogP contribution in [0.1, 0.15) is 65.2 Å². The predicted molar refractivity (Wildman–Crippen MR) is 81.1 cm³/mol. The Morgan fingerprint density at radius 3 is 2.52 bits per heavy atom. The highest BCUT2D eigenvalue weighted by molar-refractivity contribution is 5.81. The van der Waals surface area contributed by atoms with E-state index < -0.39 is 6.04 Å². The third-order valence-electron chi connectivity index (χ3n) is 3.68. The van der Waals surface area contributed by atoms with Crippen molar-refractivity contribution in [2.75, 3.05) is 19.8 Å². The van der Waals surface area contributed by atoms with E-state index in [1.807, 2.05) is 6.92 Å². The van der Waals surface area contributed by atoms with Crippen molar-refractivity contribution in [2.24, 2.45) is 0 Å². The highest BCUT2D eigenvalue weighted by Gasteiger charge is 2.34. The maximum absolute atomic E-state index is 12.1. The minimum absolute atomic E-state index is 0.278. The number of carbonyl (C=O) groups is 2. The number of piperidine rings is 1. The normalized spacial score (nSPS) is 18.4. The van der Waals surface area contributed by atoms with Gasteiger partial charge in [-0.1, -0.05) is 33.1 Å². The molecule has 1 saturated heterocycles. The van der Waals surface area contributed by atoms with Gasteiger partial charge in [-0.25, -0.2) is 9.59 Å². The predicted octanol–water partition coefficient (Wildman–Crippen LogP) is 3.51. The zero-order valence-corrected chi connectivity index (χ0v) is 13.4. The molecule has 1 heterocycles. The summed E-state index contributed by atoms with van der Waals surface area (Å²) >= 11 is 0. The molecule has 21 heavy (non-hydrogen) atoms. The van der Waals surface area contributed by atoms with E-state index in [2.05, 4.69) is 6.92 Å². The lowest BCUT2D eigenvalue weighted by atomic mass is 10.0. The van der Waals surface area contributed by atoms with E-state index in [-0.39, 0.29) is 12.1 Å². The third-order valence-corrected chi connectivity index (χ3v) is 3.68. The van der Waals surface area contributed by atoms with Crippen LogP contribution < -0.4 is 0 Å². The second kappa shape index (κ2) is 10.5. The number of unbranched alkanes of at least 4 members (excludes halogenated alkanes) is 3. The number of hydrogen-bond donors (Lipinski definition) is 0. The summed E-state index contributed by atoms with van der Waals surface area (Å²) in [6, 6.07) is -0.464. The Bertz CT molecular complexity index is 319. The van der Waals surface area contributed by atoms with Gasteiger partial charge >= 0.3 is 12.1 Å². The molecule has 1 fully saturated rings. The number of hydrogen-bond acceptors (Lipinski definition) is 4. The molecule has 0 N–H and O–H groups in total. The average Bonchev–Trinajstić information content (AvgIpc) is 2.52. The summed E-state index contributed by atoms with van der Waals surface area (Å²) in [5.41, 5.74) is 0. The Morgan fingerprint density at radius 2 is 1.81 bits per heavy atom. The van der Waals surface area contributed by atoms with Gasteiger partial charge in [0.05, 0.1) is 13.2 Å². The number of carbonyl (C=O) groups excluding carboxylic acids is 2. The zero-order valence-electron chi connectivity index (χ0n) is 13.4.